The van der Waals surface area contributed by atoms with Crippen molar-refractivity contribution in [2.45, 2.75) is 25.5 Å². The van der Waals surface area contributed by atoms with Gasteiger partial charge < -0.3 is 0 Å². The Hall–Kier alpha value is -0.610. The molecule has 0 amide bonds. The SMILES string of the molecule is CCC(C)SP(N)(=O)NCC=Nc1ccccc1. The Balaban J connectivity index is 2.37. The second-order valence-electron chi connectivity index (χ2n) is 3.93. The Morgan fingerprint density at radius 2 is 2.17 bits per heavy atom. The summed E-state index contributed by atoms with van der Waals surface area (Å²) >= 11 is 1.31. The first kappa shape index (κ1) is 15.4. The van der Waals surface area contributed by atoms with Crippen LogP contribution in [0.2, 0.25) is 0 Å². The van der Waals surface area contributed by atoms with Crippen LogP contribution in [0, 0.1) is 0 Å². The molecule has 18 heavy (non-hydrogen) atoms. The lowest BCUT2D eigenvalue weighted by atomic mass is 10.3. The number of hydrogen-bond donors (Lipinski definition) is 2. The van der Waals surface area contributed by atoms with E-state index in [4.69, 9.17) is 5.50 Å². The van der Waals surface area contributed by atoms with Crippen LogP contribution in [0.3, 0.4) is 0 Å². The van der Waals surface area contributed by atoms with Crippen LogP contribution in [0.15, 0.2) is 35.3 Å². The zero-order valence-corrected chi connectivity index (χ0v) is 12.5. The minimum Gasteiger partial charge on any atom is -0.277 e. The van der Waals surface area contributed by atoms with Crippen LogP contribution < -0.4 is 10.6 Å². The highest BCUT2D eigenvalue weighted by Crippen LogP contribution is 2.49. The van der Waals surface area contributed by atoms with Gasteiger partial charge in [0.2, 0.25) is 0 Å². The van der Waals surface area contributed by atoms with Crippen molar-refractivity contribution in [3.63, 3.8) is 0 Å². The molecule has 2 unspecified atom stereocenters. The van der Waals surface area contributed by atoms with Crippen LogP contribution in [0.4, 0.5) is 5.69 Å². The summed E-state index contributed by atoms with van der Waals surface area (Å²) < 4.78 is 12.0. The number of aliphatic imine (C=N–C) groups is 1. The molecule has 0 fully saturated rings. The maximum absolute atomic E-state index is 12.0. The maximum atomic E-state index is 12.0. The van der Waals surface area contributed by atoms with Crippen molar-refractivity contribution in [2.75, 3.05) is 6.54 Å². The summed E-state index contributed by atoms with van der Waals surface area (Å²) in [6.07, 6.45) is 2.64. The van der Waals surface area contributed by atoms with Gasteiger partial charge in [-0.2, -0.15) is 0 Å². The largest absolute Gasteiger partial charge is 0.277 e. The van der Waals surface area contributed by atoms with Gasteiger partial charge in [0.15, 0.2) is 0 Å². The average Bonchev–Trinajstić information content (AvgIpc) is 2.35. The van der Waals surface area contributed by atoms with Gasteiger partial charge in [0.25, 0.3) is 6.65 Å². The topological polar surface area (TPSA) is 67.5 Å². The monoisotopic (exact) mass is 285 g/mol. The predicted molar refractivity (Wildman–Crippen MR) is 81.7 cm³/mol. The van der Waals surface area contributed by atoms with Crippen molar-refractivity contribution in [3.8, 4) is 0 Å². The van der Waals surface area contributed by atoms with Gasteiger partial charge in [-0.05, 0) is 18.6 Å². The van der Waals surface area contributed by atoms with Crippen molar-refractivity contribution in [1.82, 2.24) is 5.09 Å². The molecule has 1 aromatic carbocycles. The summed E-state index contributed by atoms with van der Waals surface area (Å²) in [4.78, 5) is 4.24. The highest BCUT2D eigenvalue weighted by molar-refractivity contribution is 8.57. The Kier molecular flexibility index (Phi) is 6.65. The number of nitrogens with two attached hydrogens (primary N) is 1. The summed E-state index contributed by atoms with van der Waals surface area (Å²) in [5, 5.41) is 3.13. The lowest BCUT2D eigenvalue weighted by Crippen LogP contribution is -2.17. The van der Waals surface area contributed by atoms with Crippen molar-refractivity contribution >= 4 is 29.9 Å². The molecular weight excluding hydrogens is 265 g/mol. The van der Waals surface area contributed by atoms with Crippen LogP contribution >= 0.6 is 18.0 Å². The summed E-state index contributed by atoms with van der Waals surface area (Å²) in [6, 6.07) is 9.60. The quantitative estimate of drug-likeness (QED) is 0.593. The molecule has 0 saturated heterocycles. The summed E-state index contributed by atoms with van der Waals surface area (Å²) in [6.45, 7) is 1.67. The molecular formula is C12H20N3OPS. The van der Waals surface area contributed by atoms with Crippen LogP contribution in [0.1, 0.15) is 20.3 Å². The van der Waals surface area contributed by atoms with Crippen LogP contribution in [-0.4, -0.2) is 18.0 Å². The molecule has 0 aliphatic heterocycles. The first-order valence-corrected chi connectivity index (χ1v) is 9.19. The van der Waals surface area contributed by atoms with E-state index in [0.717, 1.165) is 12.1 Å². The number of hydrogen-bond acceptors (Lipinski definition) is 3. The number of para-hydroxylation sites is 1. The highest BCUT2D eigenvalue weighted by Gasteiger charge is 2.18. The third-order valence-corrected chi connectivity index (χ3v) is 6.35. The van der Waals surface area contributed by atoms with Crippen LogP contribution in [-0.2, 0) is 4.57 Å². The van der Waals surface area contributed by atoms with Gasteiger partial charge in [-0.1, -0.05) is 43.4 Å². The van der Waals surface area contributed by atoms with E-state index < -0.39 is 6.65 Å². The zero-order chi connectivity index (χ0) is 13.4. The molecule has 0 aromatic heterocycles. The Bertz CT molecular complexity index is 425. The smallest absolute Gasteiger partial charge is 0.264 e. The zero-order valence-electron chi connectivity index (χ0n) is 10.7. The molecule has 1 aromatic rings. The van der Waals surface area contributed by atoms with Gasteiger partial charge >= 0.3 is 0 Å². The van der Waals surface area contributed by atoms with Gasteiger partial charge in [-0.15, -0.1) is 0 Å². The van der Waals surface area contributed by atoms with E-state index in [9.17, 15) is 4.57 Å². The van der Waals surface area contributed by atoms with Crippen molar-refractivity contribution in [3.05, 3.63) is 30.3 Å². The standard InChI is InChI=1S/C12H20N3OPS/c1-3-11(2)18-17(13,16)15-10-9-14-12-7-5-4-6-8-12/h4-9,11H,3,10H2,1-2H3,(H3,13,15,16). The molecule has 0 aliphatic carbocycles. The third-order valence-electron chi connectivity index (χ3n) is 2.31. The van der Waals surface area contributed by atoms with E-state index in [1.165, 1.54) is 11.4 Å². The van der Waals surface area contributed by atoms with Gasteiger partial charge in [-0.25, -0.2) is 5.09 Å². The molecule has 2 atom stereocenters. The summed E-state index contributed by atoms with van der Waals surface area (Å²) in [7, 11) is 0. The van der Waals surface area contributed by atoms with Crippen molar-refractivity contribution in [2.24, 2.45) is 10.5 Å². The first-order chi connectivity index (χ1) is 8.53. The fourth-order valence-electron chi connectivity index (χ4n) is 1.21. The van der Waals surface area contributed by atoms with Crippen LogP contribution in [0.5, 0.6) is 0 Å². The van der Waals surface area contributed by atoms with Crippen molar-refractivity contribution < 1.29 is 4.57 Å². The molecule has 100 valence electrons. The number of rotatable bonds is 7. The predicted octanol–water partition coefficient (Wildman–Crippen LogP) is 3.58. The minimum absolute atomic E-state index is 0.291. The second kappa shape index (κ2) is 7.74. The Morgan fingerprint density at radius 1 is 1.50 bits per heavy atom. The lowest BCUT2D eigenvalue weighted by Gasteiger charge is -2.15. The first-order valence-electron chi connectivity index (χ1n) is 5.93. The summed E-state index contributed by atoms with van der Waals surface area (Å²) in [5.41, 5.74) is 6.59. The van der Waals surface area contributed by atoms with E-state index in [-0.39, 0.29) is 0 Å². The average molecular weight is 285 g/mol. The fourth-order valence-corrected chi connectivity index (χ4v) is 4.81. The molecule has 6 heteroatoms. The number of nitrogens with zero attached hydrogens (tertiary/aromatic N) is 1. The summed E-state index contributed by atoms with van der Waals surface area (Å²) in [5.74, 6) is 0. The molecule has 0 spiro atoms. The lowest BCUT2D eigenvalue weighted by molar-refractivity contribution is 0.579. The minimum atomic E-state index is -2.81. The molecule has 0 saturated carbocycles. The van der Waals surface area contributed by atoms with Crippen LogP contribution in [0.25, 0.3) is 0 Å². The van der Waals surface area contributed by atoms with Gasteiger partial charge in [0.05, 0.1) is 5.69 Å². The van der Waals surface area contributed by atoms with E-state index in [1.54, 1.807) is 6.21 Å². The number of benzene rings is 1. The second-order valence-corrected chi connectivity index (χ2v) is 8.72. The molecule has 4 nitrogen and oxygen atoms in total. The van der Waals surface area contributed by atoms with E-state index >= 15 is 0 Å². The molecule has 0 bridgehead atoms. The number of nitrogens with one attached hydrogen (secondary N) is 1. The Morgan fingerprint density at radius 3 is 2.78 bits per heavy atom. The third kappa shape index (κ3) is 6.36. The molecule has 3 N–H and O–H groups in total. The van der Waals surface area contributed by atoms with E-state index in [1.807, 2.05) is 37.3 Å². The highest BCUT2D eigenvalue weighted by atomic mass is 32.7. The van der Waals surface area contributed by atoms with E-state index in [2.05, 4.69) is 17.0 Å². The Labute approximate surface area is 113 Å². The molecule has 0 aliphatic rings. The normalized spacial score (nSPS) is 16.6. The molecule has 1 rings (SSSR count). The van der Waals surface area contributed by atoms with E-state index in [0.29, 0.717) is 11.8 Å². The van der Waals surface area contributed by atoms with Gasteiger partial charge in [0.1, 0.15) is 0 Å². The molecule has 0 heterocycles. The fraction of sp³-hybridized carbons (Fsp3) is 0.417. The van der Waals surface area contributed by atoms with Crippen molar-refractivity contribution in [1.29, 1.82) is 0 Å². The van der Waals surface area contributed by atoms with Gasteiger partial charge in [0, 0.05) is 18.0 Å². The molecule has 0 radical (unpaired) electrons. The van der Waals surface area contributed by atoms with Gasteiger partial charge in [-0.3, -0.25) is 15.1 Å². The maximum Gasteiger partial charge on any atom is 0.264 e.